The van der Waals surface area contributed by atoms with Crippen LogP contribution in [0.2, 0.25) is 0 Å². The van der Waals surface area contributed by atoms with Crippen LogP contribution in [-0.2, 0) is 0 Å². The molecule has 0 atom stereocenters. The normalized spacial score (nSPS) is 19.5. The first-order valence-corrected chi connectivity index (χ1v) is 8.20. The van der Waals surface area contributed by atoms with E-state index in [1.807, 2.05) is 12.3 Å². The van der Waals surface area contributed by atoms with Crippen molar-refractivity contribution in [1.29, 1.82) is 0 Å². The Hall–Kier alpha value is -2.14. The molecule has 1 aromatic rings. The van der Waals surface area contributed by atoms with Crippen molar-refractivity contribution in [3.8, 4) is 0 Å². The molecule has 0 bridgehead atoms. The highest BCUT2D eigenvalue weighted by molar-refractivity contribution is 6.30. The second-order valence-electron chi connectivity index (χ2n) is 5.57. The van der Waals surface area contributed by atoms with E-state index < -0.39 is 0 Å². The van der Waals surface area contributed by atoms with Crippen molar-refractivity contribution >= 4 is 23.4 Å². The maximum atomic E-state index is 5.93. The molecule has 0 saturated carbocycles. The molecule has 0 spiro atoms. The summed E-state index contributed by atoms with van der Waals surface area (Å²) < 4.78 is 0. The van der Waals surface area contributed by atoms with E-state index in [4.69, 9.17) is 11.6 Å². The fourth-order valence-electron chi connectivity index (χ4n) is 2.45. The zero-order valence-electron chi connectivity index (χ0n) is 12.9. The molecule has 1 aliphatic carbocycles. The van der Waals surface area contributed by atoms with E-state index in [9.17, 15) is 0 Å². The number of halogens is 1. The van der Waals surface area contributed by atoms with Crippen LogP contribution < -0.4 is 10.6 Å². The fourth-order valence-corrected chi connectivity index (χ4v) is 2.60. The predicted octanol–water partition coefficient (Wildman–Crippen LogP) is 3.40. The van der Waals surface area contributed by atoms with E-state index in [-0.39, 0.29) is 0 Å². The molecule has 2 heterocycles. The van der Waals surface area contributed by atoms with Gasteiger partial charge >= 0.3 is 0 Å². The van der Waals surface area contributed by atoms with Crippen molar-refractivity contribution in [2.24, 2.45) is 4.99 Å². The van der Waals surface area contributed by atoms with E-state index in [2.05, 4.69) is 37.7 Å². The minimum absolute atomic E-state index is 0.671. The highest BCUT2D eigenvalue weighted by atomic mass is 35.5. The highest BCUT2D eigenvalue weighted by Crippen LogP contribution is 2.19. The molecular weight excluding hydrogens is 310 g/mol. The van der Waals surface area contributed by atoms with Crippen LogP contribution in [0.5, 0.6) is 0 Å². The van der Waals surface area contributed by atoms with Gasteiger partial charge in [0.25, 0.3) is 0 Å². The Morgan fingerprint density at radius 2 is 1.87 bits per heavy atom. The number of hydrogen-bond donors (Lipinski definition) is 2. The average Bonchev–Trinajstić information content (AvgIpc) is 2.61. The summed E-state index contributed by atoms with van der Waals surface area (Å²) >= 11 is 5.93. The van der Waals surface area contributed by atoms with Crippen LogP contribution in [0.15, 0.2) is 58.0 Å². The van der Waals surface area contributed by atoms with Gasteiger partial charge in [0.1, 0.15) is 5.84 Å². The molecule has 6 heteroatoms. The molecule has 5 nitrogen and oxygen atoms in total. The minimum atomic E-state index is 0.671. The quantitative estimate of drug-likeness (QED) is 0.869. The molecule has 3 rings (SSSR count). The second-order valence-corrected chi connectivity index (χ2v) is 6.06. The van der Waals surface area contributed by atoms with E-state index in [0.717, 1.165) is 49.6 Å². The van der Waals surface area contributed by atoms with E-state index in [1.54, 1.807) is 12.4 Å². The van der Waals surface area contributed by atoms with Crippen LogP contribution in [-0.4, -0.2) is 28.9 Å². The first-order valence-electron chi connectivity index (χ1n) is 7.82. The third-order valence-electron chi connectivity index (χ3n) is 3.83. The van der Waals surface area contributed by atoms with Crippen molar-refractivity contribution < 1.29 is 0 Å². The van der Waals surface area contributed by atoms with Crippen LogP contribution in [0.4, 0.5) is 5.95 Å². The molecule has 0 aromatic carbocycles. The highest BCUT2D eigenvalue weighted by Gasteiger charge is 2.09. The molecule has 1 aromatic heterocycles. The van der Waals surface area contributed by atoms with E-state index >= 15 is 0 Å². The summed E-state index contributed by atoms with van der Waals surface area (Å²) in [6, 6.07) is 1.81. The average molecular weight is 330 g/mol. The van der Waals surface area contributed by atoms with Crippen molar-refractivity contribution in [1.82, 2.24) is 15.3 Å². The summed E-state index contributed by atoms with van der Waals surface area (Å²) in [5.41, 5.74) is 2.72. The third kappa shape index (κ3) is 4.93. The zero-order chi connectivity index (χ0) is 15.9. The molecule has 0 radical (unpaired) electrons. The van der Waals surface area contributed by atoms with Crippen molar-refractivity contribution in [2.75, 3.05) is 18.4 Å². The van der Waals surface area contributed by atoms with Gasteiger partial charge in [0, 0.05) is 36.6 Å². The van der Waals surface area contributed by atoms with Gasteiger partial charge < -0.3 is 10.6 Å². The summed E-state index contributed by atoms with van der Waals surface area (Å²) in [6.45, 7) is 1.54. The van der Waals surface area contributed by atoms with Crippen molar-refractivity contribution in [3.05, 3.63) is 53.0 Å². The lowest BCUT2D eigenvalue weighted by atomic mass is 9.98. The van der Waals surface area contributed by atoms with Gasteiger partial charge in [0.05, 0.1) is 6.54 Å². The fraction of sp³-hybridized carbons (Fsp3) is 0.353. The lowest BCUT2D eigenvalue weighted by Gasteiger charge is -2.16. The van der Waals surface area contributed by atoms with Gasteiger partial charge in [-0.25, -0.2) is 9.97 Å². The standard InChI is InChI=1S/C17H20ClN5/c18-15-6-7-16(22-12-15)21-10-13-2-4-14(5-3-13)11-23-17-19-8-1-9-20-17/h1-2,4,8-9,12H,3,5-7,10-11H2,(H,21,22)(H,19,20,23). The molecule has 0 unspecified atom stereocenters. The lowest BCUT2D eigenvalue weighted by molar-refractivity contribution is 0.849. The Balaban J connectivity index is 1.49. The van der Waals surface area contributed by atoms with Gasteiger partial charge in [-0.1, -0.05) is 29.3 Å². The number of nitrogens with zero attached hydrogens (tertiary/aromatic N) is 3. The number of amidine groups is 1. The predicted molar refractivity (Wildman–Crippen MR) is 94.5 cm³/mol. The van der Waals surface area contributed by atoms with E-state index in [0.29, 0.717) is 5.95 Å². The Bertz CT molecular complexity index is 661. The number of hydrogen-bond acceptors (Lipinski definition) is 4. The Labute approximate surface area is 141 Å². The minimum Gasteiger partial charge on any atom is -0.350 e. The third-order valence-corrected chi connectivity index (χ3v) is 4.13. The first-order chi connectivity index (χ1) is 11.3. The molecule has 0 fully saturated rings. The molecular formula is C17H20ClN5. The van der Waals surface area contributed by atoms with Crippen LogP contribution in [0.25, 0.3) is 0 Å². The monoisotopic (exact) mass is 329 g/mol. The Morgan fingerprint density at radius 1 is 1.09 bits per heavy atom. The maximum absolute atomic E-state index is 5.93. The summed E-state index contributed by atoms with van der Waals surface area (Å²) in [5.74, 6) is 1.69. The number of nitrogens with one attached hydrogen (secondary N) is 2. The summed E-state index contributed by atoms with van der Waals surface area (Å²) in [5, 5.41) is 7.25. The maximum Gasteiger partial charge on any atom is 0.222 e. The van der Waals surface area contributed by atoms with Gasteiger partial charge in [0.15, 0.2) is 0 Å². The number of anilines is 1. The largest absolute Gasteiger partial charge is 0.350 e. The molecule has 2 N–H and O–H groups in total. The topological polar surface area (TPSA) is 62.2 Å². The second kappa shape index (κ2) is 7.92. The Kier molecular flexibility index (Phi) is 5.42. The number of rotatable bonds is 5. The Morgan fingerprint density at radius 3 is 2.57 bits per heavy atom. The van der Waals surface area contributed by atoms with Crippen LogP contribution >= 0.6 is 11.6 Å². The molecule has 0 saturated heterocycles. The van der Waals surface area contributed by atoms with Gasteiger partial charge in [0.2, 0.25) is 5.95 Å². The molecule has 2 aliphatic rings. The lowest BCUT2D eigenvalue weighted by Crippen LogP contribution is -2.22. The van der Waals surface area contributed by atoms with Crippen molar-refractivity contribution in [2.45, 2.75) is 25.7 Å². The van der Waals surface area contributed by atoms with Crippen LogP contribution in [0.1, 0.15) is 25.7 Å². The zero-order valence-corrected chi connectivity index (χ0v) is 13.7. The molecule has 0 amide bonds. The molecule has 1 aliphatic heterocycles. The van der Waals surface area contributed by atoms with Gasteiger partial charge in [-0.2, -0.15) is 0 Å². The van der Waals surface area contributed by atoms with Gasteiger partial charge in [-0.3, -0.25) is 4.99 Å². The summed E-state index contributed by atoms with van der Waals surface area (Å²) in [4.78, 5) is 13.0. The smallest absolute Gasteiger partial charge is 0.222 e. The molecule has 120 valence electrons. The molecule has 23 heavy (non-hydrogen) atoms. The van der Waals surface area contributed by atoms with Gasteiger partial charge in [-0.05, 0) is 30.9 Å². The van der Waals surface area contributed by atoms with E-state index in [1.165, 1.54) is 11.1 Å². The SMILES string of the molecule is ClC1=CNC(=NCC2=CC=C(CNc3ncccn3)CC2)CC1. The number of aromatic nitrogens is 2. The van der Waals surface area contributed by atoms with Crippen LogP contribution in [0.3, 0.4) is 0 Å². The number of aliphatic imine (C=N–C) groups is 1. The number of allylic oxidation sites excluding steroid dienone is 3. The van der Waals surface area contributed by atoms with Crippen LogP contribution in [0, 0.1) is 0 Å². The van der Waals surface area contributed by atoms with Crippen molar-refractivity contribution in [3.63, 3.8) is 0 Å². The summed E-state index contributed by atoms with van der Waals surface area (Å²) in [7, 11) is 0. The first kappa shape index (κ1) is 15.7. The summed E-state index contributed by atoms with van der Waals surface area (Å²) in [6.07, 6.45) is 13.5. The van der Waals surface area contributed by atoms with Gasteiger partial charge in [-0.15, -0.1) is 0 Å².